The van der Waals surface area contributed by atoms with E-state index in [1.54, 1.807) is 37.2 Å². The van der Waals surface area contributed by atoms with Gasteiger partial charge in [0.25, 0.3) is 0 Å². The van der Waals surface area contributed by atoms with Crippen LogP contribution in [0.5, 0.6) is 0 Å². The molecule has 39 heavy (non-hydrogen) atoms. The number of nitrogens with zero attached hydrogens (tertiary/aromatic N) is 6. The topological polar surface area (TPSA) is 121 Å². The van der Waals surface area contributed by atoms with Gasteiger partial charge in [0.1, 0.15) is 11.4 Å². The highest BCUT2D eigenvalue weighted by Gasteiger charge is 2.21. The lowest BCUT2D eigenvalue weighted by atomic mass is 10.1. The third-order valence-corrected chi connectivity index (χ3v) is 7.46. The van der Waals surface area contributed by atoms with Gasteiger partial charge in [0.15, 0.2) is 11.6 Å². The summed E-state index contributed by atoms with van der Waals surface area (Å²) in [6.07, 6.45) is 17.2. The zero-order valence-electron chi connectivity index (χ0n) is 21.2. The number of pyridine rings is 4. The first-order valence-corrected chi connectivity index (χ1v) is 13.2. The quantitative estimate of drug-likeness (QED) is 0.257. The van der Waals surface area contributed by atoms with E-state index >= 15 is 4.39 Å². The van der Waals surface area contributed by atoms with Crippen molar-refractivity contribution in [3.05, 3.63) is 73.0 Å². The lowest BCUT2D eigenvalue weighted by Crippen LogP contribution is -2.20. The fourth-order valence-electron chi connectivity index (χ4n) is 5.48. The van der Waals surface area contributed by atoms with Crippen LogP contribution in [0.4, 0.5) is 4.39 Å². The fourth-order valence-corrected chi connectivity index (χ4v) is 5.48. The summed E-state index contributed by atoms with van der Waals surface area (Å²) in [6.45, 7) is 1.68. The van der Waals surface area contributed by atoms with Gasteiger partial charge in [0.2, 0.25) is 0 Å². The summed E-state index contributed by atoms with van der Waals surface area (Å²) < 4.78 is 16.1. The largest absolute Gasteiger partial charge is 0.335 e. The predicted molar refractivity (Wildman–Crippen MR) is 147 cm³/mol. The Morgan fingerprint density at radius 2 is 1.74 bits per heavy atom. The maximum atomic E-state index is 16.1. The molecule has 0 aromatic carbocycles. The zero-order valence-corrected chi connectivity index (χ0v) is 21.2. The molecule has 194 valence electrons. The second-order valence-electron chi connectivity index (χ2n) is 10.0. The molecule has 6 aromatic heterocycles. The van der Waals surface area contributed by atoms with Gasteiger partial charge in [-0.25, -0.2) is 9.37 Å². The summed E-state index contributed by atoms with van der Waals surface area (Å²) in [7, 11) is 0. The molecule has 1 aliphatic rings. The van der Waals surface area contributed by atoms with E-state index in [0.29, 0.717) is 34.5 Å². The third-order valence-electron chi connectivity index (χ3n) is 7.46. The number of nitrogens with one attached hydrogen (secondary N) is 3. The molecule has 3 N–H and O–H groups in total. The highest BCUT2D eigenvalue weighted by molar-refractivity contribution is 5.97. The van der Waals surface area contributed by atoms with Crippen molar-refractivity contribution < 1.29 is 4.39 Å². The molecule has 0 aliphatic heterocycles. The predicted octanol–water partition coefficient (Wildman–Crippen LogP) is 5.44. The molecule has 6 heterocycles. The van der Waals surface area contributed by atoms with Crippen LogP contribution >= 0.6 is 0 Å². The minimum absolute atomic E-state index is 0.227. The molecule has 0 unspecified atom stereocenters. The molecule has 10 heteroatoms. The van der Waals surface area contributed by atoms with Crippen molar-refractivity contribution in [2.75, 3.05) is 6.54 Å². The summed E-state index contributed by atoms with van der Waals surface area (Å²) in [6, 6.07) is 5.75. The zero-order chi connectivity index (χ0) is 26.2. The molecule has 0 amide bonds. The van der Waals surface area contributed by atoms with Gasteiger partial charge in [-0.3, -0.25) is 25.0 Å². The van der Waals surface area contributed by atoms with Crippen LogP contribution in [0.3, 0.4) is 0 Å². The van der Waals surface area contributed by atoms with Crippen LogP contribution in [0.15, 0.2) is 61.6 Å². The molecule has 1 saturated carbocycles. The Morgan fingerprint density at radius 3 is 2.62 bits per heavy atom. The van der Waals surface area contributed by atoms with Crippen LogP contribution in [0, 0.1) is 11.7 Å². The number of halogens is 1. The standard InChI is InChI=1S/C29H26FN9/c30-25-24-22(16-35-26(25)20-9-18(12-33-13-20)11-32-10-17-3-1-2-4-17)38-39-28(24)29-36-23-15-34-14-21(27(23)37-29)19-5-7-31-8-6-19/h5-9,12-17,32H,1-4,10-11H2,(H,36,37)(H,38,39). The number of hydrogen-bond donors (Lipinski definition) is 3. The van der Waals surface area contributed by atoms with Crippen molar-refractivity contribution in [1.29, 1.82) is 0 Å². The fraction of sp³-hybridized carbons (Fsp3) is 0.241. The van der Waals surface area contributed by atoms with Gasteiger partial charge in [-0.15, -0.1) is 0 Å². The van der Waals surface area contributed by atoms with Gasteiger partial charge in [-0.1, -0.05) is 12.8 Å². The second-order valence-corrected chi connectivity index (χ2v) is 10.0. The molecule has 1 aliphatic carbocycles. The molecule has 6 aromatic rings. The van der Waals surface area contributed by atoms with Gasteiger partial charge in [0, 0.05) is 48.7 Å². The van der Waals surface area contributed by atoms with Crippen LogP contribution in [0.25, 0.3) is 55.8 Å². The van der Waals surface area contributed by atoms with Crippen molar-refractivity contribution in [3.63, 3.8) is 0 Å². The van der Waals surface area contributed by atoms with Gasteiger partial charge >= 0.3 is 0 Å². The van der Waals surface area contributed by atoms with Crippen molar-refractivity contribution in [3.8, 4) is 33.9 Å². The first-order chi connectivity index (χ1) is 19.2. The molecule has 0 bridgehead atoms. The monoisotopic (exact) mass is 519 g/mol. The lowest BCUT2D eigenvalue weighted by Gasteiger charge is -2.11. The third kappa shape index (κ3) is 4.42. The van der Waals surface area contributed by atoms with Gasteiger partial charge in [-0.05, 0) is 54.6 Å². The Hall–Kier alpha value is -4.57. The molecule has 0 saturated heterocycles. The van der Waals surface area contributed by atoms with Crippen molar-refractivity contribution >= 4 is 21.9 Å². The molecule has 9 nitrogen and oxygen atoms in total. The van der Waals surface area contributed by atoms with E-state index in [0.717, 1.165) is 40.2 Å². The van der Waals surface area contributed by atoms with Gasteiger partial charge in [-0.2, -0.15) is 5.10 Å². The van der Waals surface area contributed by atoms with Crippen LogP contribution < -0.4 is 5.32 Å². The van der Waals surface area contributed by atoms with Crippen LogP contribution in [-0.2, 0) is 6.54 Å². The number of aromatic nitrogens is 8. The Bertz CT molecular complexity index is 1770. The maximum absolute atomic E-state index is 16.1. The molecule has 7 rings (SSSR count). The molecule has 0 atom stereocenters. The van der Waals surface area contributed by atoms with Crippen molar-refractivity contribution in [2.24, 2.45) is 5.92 Å². The van der Waals surface area contributed by atoms with E-state index in [-0.39, 0.29) is 5.69 Å². The number of H-pyrrole nitrogens is 2. The second kappa shape index (κ2) is 9.95. The van der Waals surface area contributed by atoms with Crippen molar-refractivity contribution in [1.82, 2.24) is 45.4 Å². The number of rotatable bonds is 7. The van der Waals surface area contributed by atoms with Crippen LogP contribution in [0.2, 0.25) is 0 Å². The SMILES string of the molecule is Fc1c(-c2cncc(CNCC3CCCC3)c2)ncc2[nH]nc(-c3nc4c(-c5ccncc5)cncc4[nH]3)c12. The van der Waals surface area contributed by atoms with Crippen LogP contribution in [0.1, 0.15) is 31.2 Å². The number of imidazole rings is 1. The minimum Gasteiger partial charge on any atom is -0.335 e. The van der Waals surface area contributed by atoms with E-state index in [9.17, 15) is 0 Å². The van der Waals surface area contributed by atoms with E-state index in [1.807, 2.05) is 24.4 Å². The average molecular weight is 520 g/mol. The average Bonchev–Trinajstić information content (AvgIpc) is 3.73. The van der Waals surface area contributed by atoms with E-state index < -0.39 is 5.82 Å². The first-order valence-electron chi connectivity index (χ1n) is 13.2. The summed E-state index contributed by atoms with van der Waals surface area (Å²) in [5.74, 6) is 0.720. The van der Waals surface area contributed by atoms with Crippen molar-refractivity contribution in [2.45, 2.75) is 32.2 Å². The van der Waals surface area contributed by atoms with E-state index in [2.05, 4.69) is 40.4 Å². The van der Waals surface area contributed by atoms with E-state index in [1.165, 1.54) is 25.7 Å². The minimum atomic E-state index is -0.470. The highest BCUT2D eigenvalue weighted by atomic mass is 19.1. The Balaban J connectivity index is 1.24. The molecule has 0 spiro atoms. The maximum Gasteiger partial charge on any atom is 0.161 e. The molecule has 0 radical (unpaired) electrons. The summed E-state index contributed by atoms with van der Waals surface area (Å²) in [5.41, 5.74) is 5.95. The molecular formula is C29H26FN9. The van der Waals surface area contributed by atoms with Gasteiger partial charge in [0.05, 0.1) is 34.3 Å². The van der Waals surface area contributed by atoms with E-state index in [4.69, 9.17) is 4.98 Å². The molecule has 1 fully saturated rings. The summed E-state index contributed by atoms with van der Waals surface area (Å²) in [5, 5.41) is 11.2. The number of fused-ring (bicyclic) bond motifs is 2. The number of hydrogen-bond acceptors (Lipinski definition) is 7. The summed E-state index contributed by atoms with van der Waals surface area (Å²) >= 11 is 0. The molecular weight excluding hydrogens is 493 g/mol. The smallest absolute Gasteiger partial charge is 0.161 e. The summed E-state index contributed by atoms with van der Waals surface area (Å²) in [4.78, 5) is 25.3. The highest BCUT2D eigenvalue weighted by Crippen LogP contribution is 2.34. The van der Waals surface area contributed by atoms with Crippen LogP contribution in [-0.4, -0.2) is 46.6 Å². The normalized spacial score (nSPS) is 14.1. The Kier molecular flexibility index (Phi) is 6.01. The lowest BCUT2D eigenvalue weighted by molar-refractivity contribution is 0.489. The Labute approximate surface area is 223 Å². The first kappa shape index (κ1) is 23.5. The number of aromatic amines is 2. The van der Waals surface area contributed by atoms with Gasteiger partial charge < -0.3 is 10.3 Å². The Morgan fingerprint density at radius 1 is 0.897 bits per heavy atom.